The summed E-state index contributed by atoms with van der Waals surface area (Å²) < 4.78 is 1.87. The highest BCUT2D eigenvalue weighted by Crippen LogP contribution is 2.08. The Morgan fingerprint density at radius 1 is 1.33 bits per heavy atom. The molecule has 2 aromatic heterocycles. The molecule has 98 valence electrons. The van der Waals surface area contributed by atoms with Crippen LogP contribution in [0.5, 0.6) is 0 Å². The molecule has 2 heterocycles. The van der Waals surface area contributed by atoms with E-state index in [1.807, 2.05) is 4.57 Å². The molecule has 1 atom stereocenters. The summed E-state index contributed by atoms with van der Waals surface area (Å²) in [7, 11) is 0. The molecule has 0 fully saturated rings. The number of aromatic nitrogens is 4. The van der Waals surface area contributed by atoms with Crippen molar-refractivity contribution in [3.05, 3.63) is 18.9 Å². The first-order valence-electron chi connectivity index (χ1n) is 6.25. The summed E-state index contributed by atoms with van der Waals surface area (Å²) in [5.74, 6) is 0. The summed E-state index contributed by atoms with van der Waals surface area (Å²) in [6.45, 7) is 7.24. The molecule has 18 heavy (non-hydrogen) atoms. The molecule has 0 bridgehead atoms. The number of fused-ring (bicyclic) bond motifs is 1. The molecule has 0 unspecified atom stereocenters. The molecule has 2 aromatic rings. The van der Waals surface area contributed by atoms with Crippen LogP contribution in [0.15, 0.2) is 18.9 Å². The van der Waals surface area contributed by atoms with Gasteiger partial charge in [0.05, 0.1) is 25.2 Å². The van der Waals surface area contributed by atoms with Gasteiger partial charge in [-0.1, -0.05) is 13.8 Å². The average Bonchev–Trinajstić information content (AvgIpc) is 2.79. The van der Waals surface area contributed by atoms with Gasteiger partial charge in [-0.15, -0.1) is 0 Å². The van der Waals surface area contributed by atoms with Gasteiger partial charge in [0.15, 0.2) is 5.65 Å². The van der Waals surface area contributed by atoms with Crippen LogP contribution >= 0.6 is 0 Å². The van der Waals surface area contributed by atoms with Gasteiger partial charge in [0.25, 0.3) is 0 Å². The average molecular weight is 249 g/mol. The lowest BCUT2D eigenvalue weighted by atomic mass is 10.3. The van der Waals surface area contributed by atoms with E-state index in [9.17, 15) is 5.11 Å². The van der Waals surface area contributed by atoms with E-state index in [2.05, 4.69) is 33.7 Å². The van der Waals surface area contributed by atoms with Gasteiger partial charge in [-0.3, -0.25) is 0 Å². The van der Waals surface area contributed by atoms with Crippen molar-refractivity contribution < 1.29 is 5.11 Å². The van der Waals surface area contributed by atoms with E-state index < -0.39 is 6.10 Å². The standard InChI is InChI=1S/C12H19N5O/c1-3-16(4-2)6-10(18)7-17-9-15-11-5-13-8-14-12(11)17/h5,8-10,18H,3-4,6-7H2,1-2H3/t10-/m1/s1. The van der Waals surface area contributed by atoms with Crippen molar-refractivity contribution >= 4 is 11.2 Å². The molecule has 0 aliphatic heterocycles. The number of hydrogen-bond donors (Lipinski definition) is 1. The van der Waals surface area contributed by atoms with Crippen LogP contribution in [0.2, 0.25) is 0 Å². The van der Waals surface area contributed by atoms with Gasteiger partial charge >= 0.3 is 0 Å². The maximum atomic E-state index is 10.1. The van der Waals surface area contributed by atoms with Crippen LogP contribution in [0.25, 0.3) is 11.2 Å². The van der Waals surface area contributed by atoms with Gasteiger partial charge in [-0.25, -0.2) is 15.0 Å². The molecule has 0 aliphatic carbocycles. The molecule has 0 saturated carbocycles. The summed E-state index contributed by atoms with van der Waals surface area (Å²) in [4.78, 5) is 14.5. The minimum Gasteiger partial charge on any atom is -0.390 e. The van der Waals surface area contributed by atoms with Crippen LogP contribution in [0.1, 0.15) is 13.8 Å². The SMILES string of the molecule is CCN(CC)C[C@@H](O)Cn1cnc2cncnc21. The molecule has 0 radical (unpaired) electrons. The molecule has 6 heteroatoms. The number of rotatable bonds is 6. The number of likely N-dealkylation sites (N-methyl/N-ethyl adjacent to an activating group) is 1. The molecular formula is C12H19N5O. The third-order valence-corrected chi connectivity index (χ3v) is 3.05. The van der Waals surface area contributed by atoms with Crippen LogP contribution in [0.3, 0.4) is 0 Å². The Bertz CT molecular complexity index is 494. The van der Waals surface area contributed by atoms with Gasteiger partial charge in [0.2, 0.25) is 0 Å². The summed E-state index contributed by atoms with van der Waals surface area (Å²) in [5.41, 5.74) is 1.52. The first kappa shape index (κ1) is 12.9. The Labute approximate surface area is 106 Å². The van der Waals surface area contributed by atoms with E-state index >= 15 is 0 Å². The molecule has 1 N–H and O–H groups in total. The highest BCUT2D eigenvalue weighted by atomic mass is 16.3. The van der Waals surface area contributed by atoms with E-state index in [4.69, 9.17) is 0 Å². The zero-order valence-corrected chi connectivity index (χ0v) is 10.8. The fourth-order valence-corrected chi connectivity index (χ4v) is 2.01. The maximum Gasteiger partial charge on any atom is 0.163 e. The van der Waals surface area contributed by atoms with Crippen LogP contribution in [-0.2, 0) is 6.54 Å². The van der Waals surface area contributed by atoms with Gasteiger partial charge in [-0.2, -0.15) is 0 Å². The second-order valence-corrected chi connectivity index (χ2v) is 4.27. The lowest BCUT2D eigenvalue weighted by Gasteiger charge is -2.22. The van der Waals surface area contributed by atoms with Crippen molar-refractivity contribution in [2.45, 2.75) is 26.5 Å². The van der Waals surface area contributed by atoms with Gasteiger partial charge in [0.1, 0.15) is 11.8 Å². The third-order valence-electron chi connectivity index (χ3n) is 3.05. The number of aliphatic hydroxyl groups excluding tert-OH is 1. The topological polar surface area (TPSA) is 67.1 Å². The van der Waals surface area contributed by atoms with Crippen molar-refractivity contribution in [1.29, 1.82) is 0 Å². The summed E-state index contributed by atoms with van der Waals surface area (Å²) >= 11 is 0. The zero-order valence-electron chi connectivity index (χ0n) is 10.8. The monoisotopic (exact) mass is 249 g/mol. The lowest BCUT2D eigenvalue weighted by Crippen LogP contribution is -2.34. The Morgan fingerprint density at radius 2 is 2.11 bits per heavy atom. The van der Waals surface area contributed by atoms with E-state index in [1.165, 1.54) is 6.33 Å². The van der Waals surface area contributed by atoms with E-state index in [-0.39, 0.29) is 0 Å². The van der Waals surface area contributed by atoms with Crippen LogP contribution < -0.4 is 0 Å². The van der Waals surface area contributed by atoms with Crippen molar-refractivity contribution in [2.24, 2.45) is 0 Å². The van der Waals surface area contributed by atoms with Crippen molar-refractivity contribution in [3.8, 4) is 0 Å². The molecule has 0 saturated heterocycles. The number of nitrogens with zero attached hydrogens (tertiary/aromatic N) is 5. The Kier molecular flexibility index (Phi) is 4.22. The molecule has 0 amide bonds. The Hall–Kier alpha value is -1.53. The van der Waals surface area contributed by atoms with E-state index in [1.54, 1.807) is 12.5 Å². The second kappa shape index (κ2) is 5.88. The van der Waals surface area contributed by atoms with Crippen molar-refractivity contribution in [3.63, 3.8) is 0 Å². The largest absolute Gasteiger partial charge is 0.390 e. The first-order chi connectivity index (χ1) is 8.74. The molecule has 6 nitrogen and oxygen atoms in total. The fourth-order valence-electron chi connectivity index (χ4n) is 2.01. The molecule has 0 aliphatic rings. The number of imidazole rings is 1. The van der Waals surface area contributed by atoms with Crippen LogP contribution in [0.4, 0.5) is 0 Å². The van der Waals surface area contributed by atoms with Crippen LogP contribution in [-0.4, -0.2) is 55.3 Å². The number of hydrogen-bond acceptors (Lipinski definition) is 5. The third kappa shape index (κ3) is 2.83. The molecule has 0 aromatic carbocycles. The summed E-state index contributed by atoms with van der Waals surface area (Å²) in [5, 5.41) is 10.1. The number of aliphatic hydroxyl groups is 1. The minimum atomic E-state index is -0.419. The van der Waals surface area contributed by atoms with E-state index in [0.717, 1.165) is 24.3 Å². The highest BCUT2D eigenvalue weighted by Gasteiger charge is 2.12. The summed E-state index contributed by atoms with van der Waals surface area (Å²) in [6.07, 6.45) is 4.45. The van der Waals surface area contributed by atoms with Gasteiger partial charge < -0.3 is 14.6 Å². The zero-order chi connectivity index (χ0) is 13.0. The summed E-state index contributed by atoms with van der Waals surface area (Å²) in [6, 6.07) is 0. The predicted molar refractivity (Wildman–Crippen MR) is 69.1 cm³/mol. The predicted octanol–water partition coefficient (Wildman–Crippen LogP) is 0.529. The highest BCUT2D eigenvalue weighted by molar-refractivity contribution is 5.68. The lowest BCUT2D eigenvalue weighted by molar-refractivity contribution is 0.104. The minimum absolute atomic E-state index is 0.419. The molecule has 2 rings (SSSR count). The fraction of sp³-hybridized carbons (Fsp3) is 0.583. The van der Waals surface area contributed by atoms with Gasteiger partial charge in [-0.05, 0) is 13.1 Å². The Morgan fingerprint density at radius 3 is 2.83 bits per heavy atom. The Balaban J connectivity index is 2.04. The van der Waals surface area contributed by atoms with Gasteiger partial charge in [0, 0.05) is 6.54 Å². The first-order valence-corrected chi connectivity index (χ1v) is 6.25. The smallest absolute Gasteiger partial charge is 0.163 e. The second-order valence-electron chi connectivity index (χ2n) is 4.27. The quantitative estimate of drug-likeness (QED) is 0.809. The molecular weight excluding hydrogens is 230 g/mol. The maximum absolute atomic E-state index is 10.1. The molecule has 0 spiro atoms. The normalized spacial score (nSPS) is 13.3. The van der Waals surface area contributed by atoms with Crippen LogP contribution in [0, 0.1) is 0 Å². The van der Waals surface area contributed by atoms with Crippen molar-refractivity contribution in [2.75, 3.05) is 19.6 Å². The van der Waals surface area contributed by atoms with Crippen molar-refractivity contribution in [1.82, 2.24) is 24.4 Å². The van der Waals surface area contributed by atoms with E-state index in [0.29, 0.717) is 13.1 Å².